The molecule has 1 aromatic heterocycles. The average molecular weight is 307 g/mol. The number of nitrogen functional groups attached to an aromatic ring is 1. The Balaban J connectivity index is 2.38. The van der Waals surface area contributed by atoms with Crippen LogP contribution in [0.4, 0.5) is 34.9 Å². The molecule has 0 saturated carbocycles. The Bertz CT molecular complexity index is 645. The maximum Gasteiger partial charge on any atom is 0.419 e. The van der Waals surface area contributed by atoms with Crippen molar-refractivity contribution < 1.29 is 17.6 Å². The van der Waals surface area contributed by atoms with Gasteiger partial charge in [0.1, 0.15) is 23.0 Å². The third kappa shape index (κ3) is 2.90. The SMILES string of the molecule is Nc1ncnc(Nc2ccc(F)c(C(F)(F)F)c2)c1Cl. The Morgan fingerprint density at radius 1 is 1.20 bits per heavy atom. The second-order valence-electron chi connectivity index (χ2n) is 3.74. The fraction of sp³-hybridized carbons (Fsp3) is 0.0909. The molecule has 0 spiro atoms. The van der Waals surface area contributed by atoms with E-state index in [4.69, 9.17) is 17.3 Å². The summed E-state index contributed by atoms with van der Waals surface area (Å²) in [4.78, 5) is 7.35. The number of benzene rings is 1. The number of nitrogens with zero attached hydrogens (tertiary/aromatic N) is 2. The number of hydrogen-bond acceptors (Lipinski definition) is 4. The van der Waals surface area contributed by atoms with Crippen LogP contribution in [0.15, 0.2) is 24.5 Å². The van der Waals surface area contributed by atoms with Crippen LogP contribution < -0.4 is 11.1 Å². The first-order chi connectivity index (χ1) is 9.29. The zero-order valence-corrected chi connectivity index (χ0v) is 10.4. The van der Waals surface area contributed by atoms with Gasteiger partial charge >= 0.3 is 6.18 Å². The summed E-state index contributed by atoms with van der Waals surface area (Å²) in [5.41, 5.74) is 4.02. The highest BCUT2D eigenvalue weighted by molar-refractivity contribution is 6.35. The van der Waals surface area contributed by atoms with E-state index in [2.05, 4.69) is 15.3 Å². The second kappa shape index (κ2) is 5.12. The van der Waals surface area contributed by atoms with Gasteiger partial charge in [0.05, 0.1) is 5.56 Å². The zero-order valence-electron chi connectivity index (χ0n) is 9.67. The second-order valence-corrected chi connectivity index (χ2v) is 4.12. The largest absolute Gasteiger partial charge is 0.419 e. The van der Waals surface area contributed by atoms with Crippen molar-refractivity contribution in [3.63, 3.8) is 0 Å². The molecular weight excluding hydrogens is 300 g/mol. The molecular formula is C11H7ClF4N4. The van der Waals surface area contributed by atoms with Crippen molar-refractivity contribution in [1.82, 2.24) is 9.97 Å². The molecule has 1 heterocycles. The monoisotopic (exact) mass is 306 g/mol. The van der Waals surface area contributed by atoms with Crippen LogP contribution in [0.5, 0.6) is 0 Å². The number of anilines is 3. The lowest BCUT2D eigenvalue weighted by Gasteiger charge is -2.12. The maximum atomic E-state index is 13.1. The van der Waals surface area contributed by atoms with Gasteiger partial charge in [0.2, 0.25) is 0 Å². The Morgan fingerprint density at radius 2 is 1.90 bits per heavy atom. The molecule has 0 atom stereocenters. The van der Waals surface area contributed by atoms with Gasteiger partial charge in [-0.2, -0.15) is 13.2 Å². The topological polar surface area (TPSA) is 63.8 Å². The van der Waals surface area contributed by atoms with Crippen molar-refractivity contribution in [2.24, 2.45) is 0 Å². The molecule has 2 rings (SSSR count). The van der Waals surface area contributed by atoms with Gasteiger partial charge in [-0.1, -0.05) is 11.6 Å². The third-order valence-electron chi connectivity index (χ3n) is 2.35. The van der Waals surface area contributed by atoms with Gasteiger partial charge in [-0.3, -0.25) is 0 Å². The summed E-state index contributed by atoms with van der Waals surface area (Å²) in [5.74, 6) is -1.36. The van der Waals surface area contributed by atoms with Crippen LogP contribution in [-0.2, 0) is 6.18 Å². The van der Waals surface area contributed by atoms with Crippen LogP contribution in [0.3, 0.4) is 0 Å². The molecule has 3 N–H and O–H groups in total. The molecule has 0 aliphatic carbocycles. The minimum absolute atomic E-state index is 0.0256. The Hall–Kier alpha value is -2.09. The molecule has 4 nitrogen and oxygen atoms in total. The van der Waals surface area contributed by atoms with Crippen molar-refractivity contribution in [3.05, 3.63) is 40.9 Å². The van der Waals surface area contributed by atoms with E-state index in [-0.39, 0.29) is 22.3 Å². The van der Waals surface area contributed by atoms with Gasteiger partial charge in [0.15, 0.2) is 5.82 Å². The maximum absolute atomic E-state index is 13.1. The number of rotatable bonds is 2. The molecule has 0 bridgehead atoms. The first kappa shape index (κ1) is 14.3. The van der Waals surface area contributed by atoms with Crippen molar-refractivity contribution in [3.8, 4) is 0 Å². The predicted molar refractivity (Wildman–Crippen MR) is 66.1 cm³/mol. The van der Waals surface area contributed by atoms with E-state index in [1.54, 1.807) is 0 Å². The minimum Gasteiger partial charge on any atom is -0.382 e. The van der Waals surface area contributed by atoms with E-state index in [1.807, 2.05) is 0 Å². The Labute approximate surface area is 115 Å². The number of alkyl halides is 3. The standard InChI is InChI=1S/C11H7ClF4N4/c12-8-9(17)18-4-19-10(8)20-5-1-2-7(13)6(3-5)11(14,15)16/h1-4H,(H3,17,18,19,20). The van der Waals surface area contributed by atoms with Crippen LogP contribution in [0.25, 0.3) is 0 Å². The predicted octanol–water partition coefficient (Wildman–Crippen LogP) is 3.61. The van der Waals surface area contributed by atoms with E-state index in [0.29, 0.717) is 12.1 Å². The summed E-state index contributed by atoms with van der Waals surface area (Å²) in [6.07, 6.45) is -3.70. The minimum atomic E-state index is -4.80. The van der Waals surface area contributed by atoms with Crippen molar-refractivity contribution in [2.45, 2.75) is 6.18 Å². The molecule has 20 heavy (non-hydrogen) atoms. The van der Waals surface area contributed by atoms with Crippen LogP contribution in [-0.4, -0.2) is 9.97 Å². The van der Waals surface area contributed by atoms with Crippen LogP contribution >= 0.6 is 11.6 Å². The van der Waals surface area contributed by atoms with E-state index >= 15 is 0 Å². The molecule has 0 aliphatic heterocycles. The molecule has 0 saturated heterocycles. The van der Waals surface area contributed by atoms with Gasteiger partial charge in [-0.05, 0) is 18.2 Å². The van der Waals surface area contributed by atoms with Crippen LogP contribution in [0.1, 0.15) is 5.56 Å². The molecule has 106 valence electrons. The molecule has 0 unspecified atom stereocenters. The summed E-state index contributed by atoms with van der Waals surface area (Å²) in [6, 6.07) is 2.44. The number of hydrogen-bond donors (Lipinski definition) is 2. The highest BCUT2D eigenvalue weighted by Crippen LogP contribution is 2.34. The highest BCUT2D eigenvalue weighted by Gasteiger charge is 2.34. The molecule has 0 fully saturated rings. The first-order valence-corrected chi connectivity index (χ1v) is 5.56. The first-order valence-electron chi connectivity index (χ1n) is 5.19. The van der Waals surface area contributed by atoms with Gasteiger partial charge in [-0.15, -0.1) is 0 Å². The van der Waals surface area contributed by atoms with Crippen molar-refractivity contribution in [2.75, 3.05) is 11.1 Å². The van der Waals surface area contributed by atoms with Crippen molar-refractivity contribution >= 4 is 28.9 Å². The summed E-state index contributed by atoms with van der Waals surface area (Å²) < 4.78 is 50.8. The fourth-order valence-electron chi connectivity index (χ4n) is 1.43. The third-order valence-corrected chi connectivity index (χ3v) is 2.72. The summed E-state index contributed by atoms with van der Waals surface area (Å²) >= 11 is 5.80. The number of nitrogens with one attached hydrogen (secondary N) is 1. The zero-order chi connectivity index (χ0) is 14.9. The van der Waals surface area contributed by atoms with Gasteiger partial charge in [0.25, 0.3) is 0 Å². The lowest BCUT2D eigenvalue weighted by atomic mass is 10.2. The Kier molecular flexibility index (Phi) is 3.67. The quantitative estimate of drug-likeness (QED) is 0.832. The molecule has 1 aromatic carbocycles. The fourth-order valence-corrected chi connectivity index (χ4v) is 1.57. The summed E-state index contributed by atoms with van der Waals surface area (Å²) in [5, 5.41) is 2.49. The molecule has 0 aliphatic rings. The molecule has 0 amide bonds. The lowest BCUT2D eigenvalue weighted by Crippen LogP contribution is -2.09. The number of halogens is 5. The lowest BCUT2D eigenvalue weighted by molar-refractivity contribution is -0.139. The number of aromatic nitrogens is 2. The van der Waals surface area contributed by atoms with Crippen LogP contribution in [0, 0.1) is 5.82 Å². The molecule has 0 radical (unpaired) electrons. The van der Waals surface area contributed by atoms with Gasteiger partial charge in [0, 0.05) is 5.69 Å². The Morgan fingerprint density at radius 3 is 2.55 bits per heavy atom. The van der Waals surface area contributed by atoms with E-state index in [1.165, 1.54) is 0 Å². The normalized spacial score (nSPS) is 11.4. The smallest absolute Gasteiger partial charge is 0.382 e. The van der Waals surface area contributed by atoms with Gasteiger partial charge < -0.3 is 11.1 Å². The summed E-state index contributed by atoms with van der Waals surface area (Å²) in [7, 11) is 0. The van der Waals surface area contributed by atoms with E-state index in [9.17, 15) is 17.6 Å². The average Bonchev–Trinajstić information content (AvgIpc) is 2.36. The van der Waals surface area contributed by atoms with Gasteiger partial charge in [-0.25, -0.2) is 14.4 Å². The van der Waals surface area contributed by atoms with E-state index < -0.39 is 17.6 Å². The molecule has 9 heteroatoms. The summed E-state index contributed by atoms with van der Waals surface area (Å²) in [6.45, 7) is 0. The van der Waals surface area contributed by atoms with Crippen LogP contribution in [0.2, 0.25) is 5.02 Å². The number of nitrogens with two attached hydrogens (primary N) is 1. The highest BCUT2D eigenvalue weighted by atomic mass is 35.5. The molecule has 2 aromatic rings. The van der Waals surface area contributed by atoms with Crippen molar-refractivity contribution in [1.29, 1.82) is 0 Å². The van der Waals surface area contributed by atoms with E-state index in [0.717, 1.165) is 12.4 Å².